The summed E-state index contributed by atoms with van der Waals surface area (Å²) in [5, 5.41) is 1.06. The first kappa shape index (κ1) is 19.7. The number of ketones is 1. The molecular weight excluding hydrogens is 338 g/mol. The van der Waals surface area contributed by atoms with Crippen LogP contribution in [-0.2, 0) is 28.9 Å². The quantitative estimate of drug-likeness (QED) is 0.349. The van der Waals surface area contributed by atoms with Crippen LogP contribution < -0.4 is 0 Å². The van der Waals surface area contributed by atoms with Gasteiger partial charge in [-0.3, -0.25) is 9.59 Å². The zero-order valence-corrected chi connectivity index (χ0v) is 16.9. The molecular formula is C23H31NO3. The Hall–Kier alpha value is -2.10. The molecule has 1 aromatic heterocycles. The predicted molar refractivity (Wildman–Crippen MR) is 108 cm³/mol. The fourth-order valence-electron chi connectivity index (χ4n) is 4.26. The first-order valence-electron chi connectivity index (χ1n) is 10.4. The number of aryl methyl sites for hydroxylation is 2. The Bertz CT molecular complexity index is 847. The Balaban J connectivity index is 1.96. The van der Waals surface area contributed by atoms with Gasteiger partial charge in [0.15, 0.2) is 5.78 Å². The van der Waals surface area contributed by atoms with Gasteiger partial charge in [-0.1, -0.05) is 26.2 Å². The highest BCUT2D eigenvalue weighted by atomic mass is 16.5. The van der Waals surface area contributed by atoms with Gasteiger partial charge in [-0.25, -0.2) is 0 Å². The number of carbonyl (C=O) groups excluding carboxylic acids is 2. The maximum Gasteiger partial charge on any atom is 0.310 e. The van der Waals surface area contributed by atoms with E-state index in [1.165, 1.54) is 23.9 Å². The topological polar surface area (TPSA) is 48.3 Å². The maximum atomic E-state index is 12.8. The summed E-state index contributed by atoms with van der Waals surface area (Å²) in [5.74, 6) is 0.0269. The molecule has 0 atom stereocenters. The number of aromatic nitrogens is 1. The molecule has 4 nitrogen and oxygen atoms in total. The highest BCUT2D eigenvalue weighted by Crippen LogP contribution is 2.34. The monoisotopic (exact) mass is 369 g/mol. The van der Waals surface area contributed by atoms with Crippen LogP contribution in [0.4, 0.5) is 0 Å². The molecule has 1 aliphatic heterocycles. The minimum Gasteiger partial charge on any atom is -0.466 e. The summed E-state index contributed by atoms with van der Waals surface area (Å²) < 4.78 is 7.49. The van der Waals surface area contributed by atoms with Crippen LogP contribution in [0.2, 0.25) is 0 Å². The summed E-state index contributed by atoms with van der Waals surface area (Å²) in [4.78, 5) is 24.9. The Morgan fingerprint density at radius 3 is 2.70 bits per heavy atom. The SMILES string of the molecule is CCCCCCC(=O)c1cc2c3c(c1)c(CC(=O)OCC)c(C)n3CCC2. The number of hydrogen-bond acceptors (Lipinski definition) is 3. The number of hydrogen-bond donors (Lipinski definition) is 0. The molecule has 2 aromatic rings. The molecule has 0 saturated carbocycles. The lowest BCUT2D eigenvalue weighted by Crippen LogP contribution is -2.10. The van der Waals surface area contributed by atoms with E-state index < -0.39 is 0 Å². The van der Waals surface area contributed by atoms with E-state index in [9.17, 15) is 9.59 Å². The van der Waals surface area contributed by atoms with Gasteiger partial charge in [-0.15, -0.1) is 0 Å². The van der Waals surface area contributed by atoms with Gasteiger partial charge in [-0.2, -0.15) is 0 Å². The molecule has 0 saturated heterocycles. The number of rotatable bonds is 9. The highest BCUT2D eigenvalue weighted by Gasteiger charge is 2.23. The molecule has 2 heterocycles. The zero-order valence-electron chi connectivity index (χ0n) is 16.9. The largest absolute Gasteiger partial charge is 0.466 e. The van der Waals surface area contributed by atoms with Crippen molar-refractivity contribution in [3.63, 3.8) is 0 Å². The first-order valence-corrected chi connectivity index (χ1v) is 10.4. The van der Waals surface area contributed by atoms with Crippen molar-refractivity contribution >= 4 is 22.7 Å². The van der Waals surface area contributed by atoms with Gasteiger partial charge in [0.25, 0.3) is 0 Å². The average Bonchev–Trinajstić information content (AvgIpc) is 2.92. The lowest BCUT2D eigenvalue weighted by molar-refractivity contribution is -0.142. The summed E-state index contributed by atoms with van der Waals surface area (Å²) in [6.07, 6.45) is 7.38. The number of carbonyl (C=O) groups is 2. The van der Waals surface area contributed by atoms with E-state index in [4.69, 9.17) is 4.74 Å². The number of esters is 1. The first-order chi connectivity index (χ1) is 13.1. The number of nitrogens with zero attached hydrogens (tertiary/aromatic N) is 1. The van der Waals surface area contributed by atoms with Gasteiger partial charge < -0.3 is 9.30 Å². The Kier molecular flexibility index (Phi) is 6.35. The van der Waals surface area contributed by atoms with Crippen LogP contribution in [-0.4, -0.2) is 22.9 Å². The predicted octanol–water partition coefficient (Wildman–Crippen LogP) is 5.15. The molecule has 4 heteroatoms. The van der Waals surface area contributed by atoms with Crippen LogP contribution in [0.3, 0.4) is 0 Å². The summed E-state index contributed by atoms with van der Waals surface area (Å²) in [7, 11) is 0. The van der Waals surface area contributed by atoms with Crippen LogP contribution in [0.25, 0.3) is 10.9 Å². The second-order valence-corrected chi connectivity index (χ2v) is 7.57. The van der Waals surface area contributed by atoms with E-state index in [0.29, 0.717) is 13.0 Å². The molecule has 0 aliphatic carbocycles. The van der Waals surface area contributed by atoms with Gasteiger partial charge in [-0.05, 0) is 56.4 Å². The Morgan fingerprint density at radius 1 is 1.15 bits per heavy atom. The molecule has 0 bridgehead atoms. The van der Waals surface area contributed by atoms with Crippen molar-refractivity contribution in [3.8, 4) is 0 Å². The minimum atomic E-state index is -0.197. The van der Waals surface area contributed by atoms with Crippen molar-refractivity contribution in [2.45, 2.75) is 78.7 Å². The molecule has 1 aliphatic rings. The highest BCUT2D eigenvalue weighted by molar-refractivity contribution is 6.02. The molecule has 3 rings (SSSR count). The third kappa shape index (κ3) is 4.10. The number of ether oxygens (including phenoxy) is 1. The molecule has 1 aromatic carbocycles. The molecule has 0 unspecified atom stereocenters. The Labute approximate surface area is 161 Å². The number of benzene rings is 1. The van der Waals surface area contributed by atoms with Crippen molar-refractivity contribution in [1.29, 1.82) is 0 Å². The number of unbranched alkanes of at least 4 members (excludes halogenated alkanes) is 3. The van der Waals surface area contributed by atoms with Gasteiger partial charge in [0.05, 0.1) is 18.5 Å². The molecule has 0 amide bonds. The molecule has 0 fully saturated rings. The molecule has 146 valence electrons. The van der Waals surface area contributed by atoms with Crippen LogP contribution in [0.1, 0.15) is 79.6 Å². The summed E-state index contributed by atoms with van der Waals surface area (Å²) in [5.41, 5.74) is 5.41. The van der Waals surface area contributed by atoms with Crippen LogP contribution in [0.5, 0.6) is 0 Å². The van der Waals surface area contributed by atoms with Gasteiger partial charge in [0, 0.05) is 29.6 Å². The Morgan fingerprint density at radius 2 is 1.96 bits per heavy atom. The van der Waals surface area contributed by atoms with Crippen LogP contribution in [0.15, 0.2) is 12.1 Å². The molecule has 0 spiro atoms. The normalized spacial score (nSPS) is 13.1. The summed E-state index contributed by atoms with van der Waals surface area (Å²) in [6, 6.07) is 4.11. The van der Waals surface area contributed by atoms with Crippen molar-refractivity contribution in [3.05, 3.63) is 34.5 Å². The average molecular weight is 370 g/mol. The van der Waals surface area contributed by atoms with E-state index in [1.54, 1.807) is 0 Å². The standard InChI is InChI=1S/C23H31NO3/c1-4-6-7-8-11-21(25)18-13-17-10-9-12-24-16(3)19(15-22(26)27-5-2)20(14-18)23(17)24/h13-14H,4-12,15H2,1-3H3. The smallest absolute Gasteiger partial charge is 0.310 e. The maximum absolute atomic E-state index is 12.8. The van der Waals surface area contributed by atoms with Gasteiger partial charge in [0.1, 0.15) is 0 Å². The van der Waals surface area contributed by atoms with Gasteiger partial charge in [0.2, 0.25) is 0 Å². The molecule has 0 radical (unpaired) electrons. The van der Waals surface area contributed by atoms with Crippen molar-refractivity contribution in [1.82, 2.24) is 4.57 Å². The van der Waals surface area contributed by atoms with Crippen molar-refractivity contribution < 1.29 is 14.3 Å². The second-order valence-electron chi connectivity index (χ2n) is 7.57. The fraction of sp³-hybridized carbons (Fsp3) is 0.565. The molecule has 0 N–H and O–H groups in total. The van der Waals surface area contributed by atoms with E-state index in [2.05, 4.69) is 24.5 Å². The lowest BCUT2D eigenvalue weighted by Gasteiger charge is -2.18. The van der Waals surface area contributed by atoms with E-state index in [-0.39, 0.29) is 18.2 Å². The van der Waals surface area contributed by atoms with E-state index >= 15 is 0 Å². The van der Waals surface area contributed by atoms with Crippen LogP contribution >= 0.6 is 0 Å². The third-order valence-electron chi connectivity index (χ3n) is 5.66. The lowest BCUT2D eigenvalue weighted by atomic mass is 9.95. The second kappa shape index (κ2) is 8.73. The molecule has 27 heavy (non-hydrogen) atoms. The van der Waals surface area contributed by atoms with E-state index in [1.807, 2.05) is 13.0 Å². The van der Waals surface area contributed by atoms with Crippen molar-refractivity contribution in [2.24, 2.45) is 0 Å². The van der Waals surface area contributed by atoms with E-state index in [0.717, 1.165) is 54.4 Å². The summed E-state index contributed by atoms with van der Waals surface area (Å²) in [6.45, 7) is 7.45. The van der Waals surface area contributed by atoms with Gasteiger partial charge >= 0.3 is 5.97 Å². The number of Topliss-reactive ketones (excluding diaryl/α,β-unsaturated/α-hetero) is 1. The summed E-state index contributed by atoms with van der Waals surface area (Å²) >= 11 is 0. The third-order valence-corrected chi connectivity index (χ3v) is 5.66. The minimum absolute atomic E-state index is 0.197. The van der Waals surface area contributed by atoms with Crippen LogP contribution in [0, 0.1) is 6.92 Å². The zero-order chi connectivity index (χ0) is 19.4. The van der Waals surface area contributed by atoms with Crippen molar-refractivity contribution in [2.75, 3.05) is 6.61 Å². The fourth-order valence-corrected chi connectivity index (χ4v) is 4.26.